The van der Waals surface area contributed by atoms with Gasteiger partial charge in [0.1, 0.15) is 11.8 Å². The normalized spacial score (nSPS) is 17.5. The maximum Gasteiger partial charge on any atom is 0.416 e. The van der Waals surface area contributed by atoms with Gasteiger partial charge in [0.2, 0.25) is 0 Å². The van der Waals surface area contributed by atoms with Crippen LogP contribution in [-0.4, -0.2) is 38.0 Å². The van der Waals surface area contributed by atoms with Gasteiger partial charge in [-0.15, -0.1) is 0 Å². The molecule has 1 atom stereocenters. The van der Waals surface area contributed by atoms with Crippen LogP contribution in [0.2, 0.25) is 0 Å². The van der Waals surface area contributed by atoms with Crippen LogP contribution >= 0.6 is 0 Å². The van der Waals surface area contributed by atoms with Gasteiger partial charge < -0.3 is 19.9 Å². The van der Waals surface area contributed by atoms with Gasteiger partial charge in [-0.05, 0) is 45.9 Å². The Morgan fingerprint density at radius 2 is 1.88 bits per heavy atom. The first-order valence-electron chi connectivity index (χ1n) is 8.11. The van der Waals surface area contributed by atoms with Crippen LogP contribution in [0.25, 0.3) is 0 Å². The van der Waals surface area contributed by atoms with E-state index in [1.54, 1.807) is 27.8 Å². The van der Waals surface area contributed by atoms with E-state index in [1.165, 1.54) is 6.07 Å². The van der Waals surface area contributed by atoms with Crippen LogP contribution in [-0.2, 0) is 10.9 Å². The number of likely N-dealkylation sites (N-methyl/N-ethyl adjacent to an activating group) is 2. The zero-order valence-electron chi connectivity index (χ0n) is 15.1. The van der Waals surface area contributed by atoms with Gasteiger partial charge in [0, 0.05) is 13.6 Å². The zero-order valence-corrected chi connectivity index (χ0v) is 15.1. The van der Waals surface area contributed by atoms with Crippen molar-refractivity contribution in [3.05, 3.63) is 23.8 Å². The molecule has 140 valence electrons. The average molecular weight is 359 g/mol. The average Bonchev–Trinajstić information content (AvgIpc) is 2.74. The Balaban J connectivity index is 2.17. The first-order valence-corrected chi connectivity index (χ1v) is 8.11. The summed E-state index contributed by atoms with van der Waals surface area (Å²) in [5, 5.41) is 2.69. The summed E-state index contributed by atoms with van der Waals surface area (Å²) >= 11 is 0. The maximum absolute atomic E-state index is 13.0. The Morgan fingerprint density at radius 3 is 2.40 bits per heavy atom. The molecule has 0 saturated carbocycles. The van der Waals surface area contributed by atoms with Crippen molar-refractivity contribution >= 4 is 17.5 Å². The highest BCUT2D eigenvalue weighted by Crippen LogP contribution is 2.42. The molecule has 0 aromatic heterocycles. The molecule has 1 N–H and O–H groups in total. The molecule has 0 bridgehead atoms. The number of fused-ring (bicyclic) bond motifs is 1. The van der Waals surface area contributed by atoms with Crippen LogP contribution in [0.5, 0.6) is 0 Å². The molecule has 1 aliphatic heterocycles. The second-order valence-corrected chi connectivity index (χ2v) is 6.96. The Labute approximate surface area is 145 Å². The van der Waals surface area contributed by atoms with E-state index < -0.39 is 23.4 Å². The van der Waals surface area contributed by atoms with Crippen LogP contribution in [0.1, 0.15) is 33.3 Å². The third kappa shape index (κ3) is 4.29. The highest BCUT2D eigenvalue weighted by molar-refractivity contribution is 5.78. The zero-order chi connectivity index (χ0) is 19.0. The summed E-state index contributed by atoms with van der Waals surface area (Å²) in [5.41, 5.74) is -0.0822. The Kier molecular flexibility index (Phi) is 5.11. The van der Waals surface area contributed by atoms with Crippen LogP contribution in [0.3, 0.4) is 0 Å². The summed E-state index contributed by atoms with van der Waals surface area (Å²) in [4.78, 5) is 15.5. The molecule has 8 heteroatoms. The molecule has 0 fully saturated rings. The monoisotopic (exact) mass is 359 g/mol. The van der Waals surface area contributed by atoms with Crippen molar-refractivity contribution in [3.8, 4) is 0 Å². The number of hydrogen-bond acceptors (Lipinski definition) is 4. The van der Waals surface area contributed by atoms with Crippen molar-refractivity contribution in [1.82, 2.24) is 5.32 Å². The predicted molar refractivity (Wildman–Crippen MR) is 90.9 cm³/mol. The molecule has 5 nitrogen and oxygen atoms in total. The molecule has 1 amide bonds. The third-order valence-corrected chi connectivity index (χ3v) is 3.97. The predicted octanol–water partition coefficient (Wildman–Crippen LogP) is 3.83. The van der Waals surface area contributed by atoms with Gasteiger partial charge in [-0.3, -0.25) is 0 Å². The van der Waals surface area contributed by atoms with E-state index in [0.29, 0.717) is 17.9 Å². The standard InChI is InChI=1S/C17H24F3N3O2/c1-6-23-13-9-11(17(18,19)20)7-8-12(13)22(5)14(23)10-21-15(24)25-16(2,3)4/h7-9,14H,6,10H2,1-5H3,(H,21,24). The number of nitrogens with one attached hydrogen (secondary N) is 1. The highest BCUT2D eigenvalue weighted by atomic mass is 19.4. The summed E-state index contributed by atoms with van der Waals surface area (Å²) in [6, 6.07) is 3.70. The lowest BCUT2D eigenvalue weighted by atomic mass is 10.1. The summed E-state index contributed by atoms with van der Waals surface area (Å²) in [6.45, 7) is 7.90. The number of halogens is 3. The number of nitrogens with zero attached hydrogens (tertiary/aromatic N) is 2. The second-order valence-electron chi connectivity index (χ2n) is 6.96. The lowest BCUT2D eigenvalue weighted by molar-refractivity contribution is -0.137. The Morgan fingerprint density at radius 1 is 1.24 bits per heavy atom. The molecule has 25 heavy (non-hydrogen) atoms. The number of benzene rings is 1. The van der Waals surface area contributed by atoms with Crippen molar-refractivity contribution < 1.29 is 22.7 Å². The van der Waals surface area contributed by atoms with Crippen molar-refractivity contribution in [1.29, 1.82) is 0 Å². The maximum atomic E-state index is 13.0. The fourth-order valence-electron chi connectivity index (χ4n) is 2.88. The highest BCUT2D eigenvalue weighted by Gasteiger charge is 2.37. The van der Waals surface area contributed by atoms with Crippen LogP contribution in [0, 0.1) is 0 Å². The quantitative estimate of drug-likeness (QED) is 0.891. The topological polar surface area (TPSA) is 44.8 Å². The number of carbonyl (C=O) groups is 1. The first-order chi connectivity index (χ1) is 11.4. The molecule has 0 radical (unpaired) electrons. The molecule has 2 rings (SSSR count). The molecular weight excluding hydrogens is 335 g/mol. The third-order valence-electron chi connectivity index (χ3n) is 3.97. The summed E-state index contributed by atoms with van der Waals surface area (Å²) in [6.07, 6.45) is -5.22. The van der Waals surface area contributed by atoms with Crippen molar-refractivity contribution in [3.63, 3.8) is 0 Å². The molecule has 1 aromatic carbocycles. The van der Waals surface area contributed by atoms with Gasteiger partial charge in [-0.25, -0.2) is 4.79 Å². The fraction of sp³-hybridized carbons (Fsp3) is 0.588. The summed E-state index contributed by atoms with van der Waals surface area (Å²) < 4.78 is 44.2. The number of carbonyl (C=O) groups excluding carboxylic acids is 1. The number of anilines is 2. The number of alkyl carbamates (subject to hydrolysis) is 1. The van der Waals surface area contributed by atoms with Crippen LogP contribution in [0.4, 0.5) is 29.3 Å². The van der Waals surface area contributed by atoms with E-state index in [1.807, 2.05) is 16.7 Å². The van der Waals surface area contributed by atoms with Gasteiger partial charge in [0.15, 0.2) is 0 Å². The lowest BCUT2D eigenvalue weighted by Crippen LogP contribution is -2.50. The van der Waals surface area contributed by atoms with Crippen molar-refractivity contribution in [2.45, 2.75) is 45.6 Å². The van der Waals surface area contributed by atoms with Gasteiger partial charge in [0.25, 0.3) is 0 Å². The van der Waals surface area contributed by atoms with Gasteiger partial charge in [-0.1, -0.05) is 0 Å². The SMILES string of the molecule is CCN1c2cc(C(F)(F)F)ccc2N(C)C1CNC(=O)OC(C)(C)C. The molecule has 1 aliphatic rings. The second kappa shape index (κ2) is 6.65. The van der Waals surface area contributed by atoms with Crippen LogP contribution in [0.15, 0.2) is 18.2 Å². The fourth-order valence-corrected chi connectivity index (χ4v) is 2.88. The molecule has 1 unspecified atom stereocenters. The minimum atomic E-state index is -4.39. The Hall–Kier alpha value is -2.12. The minimum absolute atomic E-state index is 0.231. The molecule has 0 spiro atoms. The molecule has 0 saturated heterocycles. The molecule has 1 heterocycles. The number of amides is 1. The molecular formula is C17H24F3N3O2. The van der Waals surface area contributed by atoms with Crippen LogP contribution < -0.4 is 15.1 Å². The Bertz CT molecular complexity index is 641. The lowest BCUT2D eigenvalue weighted by Gasteiger charge is -2.30. The van der Waals surface area contributed by atoms with E-state index in [-0.39, 0.29) is 12.7 Å². The van der Waals surface area contributed by atoms with Gasteiger partial charge >= 0.3 is 12.3 Å². The van der Waals surface area contributed by atoms with E-state index >= 15 is 0 Å². The smallest absolute Gasteiger partial charge is 0.416 e. The van der Waals surface area contributed by atoms with E-state index in [9.17, 15) is 18.0 Å². The minimum Gasteiger partial charge on any atom is -0.444 e. The van der Waals surface area contributed by atoms with E-state index in [0.717, 1.165) is 12.1 Å². The summed E-state index contributed by atoms with van der Waals surface area (Å²) in [7, 11) is 1.79. The van der Waals surface area contributed by atoms with Gasteiger partial charge in [-0.2, -0.15) is 13.2 Å². The summed E-state index contributed by atoms with van der Waals surface area (Å²) in [5.74, 6) is 0. The largest absolute Gasteiger partial charge is 0.444 e. The van der Waals surface area contributed by atoms with E-state index in [2.05, 4.69) is 5.32 Å². The molecule has 1 aromatic rings. The van der Waals surface area contributed by atoms with Crippen molar-refractivity contribution in [2.75, 3.05) is 29.9 Å². The molecule has 0 aliphatic carbocycles. The first kappa shape index (κ1) is 19.2. The van der Waals surface area contributed by atoms with Crippen molar-refractivity contribution in [2.24, 2.45) is 0 Å². The number of alkyl halides is 3. The number of ether oxygens (including phenoxy) is 1. The number of hydrogen-bond donors (Lipinski definition) is 1. The number of rotatable bonds is 3. The van der Waals surface area contributed by atoms with Gasteiger partial charge in [0.05, 0.1) is 23.5 Å². The van der Waals surface area contributed by atoms with E-state index in [4.69, 9.17) is 4.74 Å².